The van der Waals surface area contributed by atoms with Crippen molar-refractivity contribution >= 4 is 5.97 Å². The van der Waals surface area contributed by atoms with Gasteiger partial charge in [-0.2, -0.15) is 0 Å². The summed E-state index contributed by atoms with van der Waals surface area (Å²) in [6.07, 6.45) is 6.56. The van der Waals surface area contributed by atoms with E-state index in [0.717, 1.165) is 31.4 Å². The minimum Gasteiger partial charge on any atom is -0.478 e. The minimum absolute atomic E-state index is 0.624. The maximum absolute atomic E-state index is 11.4. The summed E-state index contributed by atoms with van der Waals surface area (Å²) in [6, 6.07) is 6.04. The van der Waals surface area contributed by atoms with Crippen LogP contribution < -0.4 is 4.74 Å². The highest BCUT2D eigenvalue weighted by Gasteiger charge is 2.43. The quantitative estimate of drug-likeness (QED) is 0.892. The van der Waals surface area contributed by atoms with Gasteiger partial charge in [-0.25, -0.2) is 4.79 Å². The van der Waals surface area contributed by atoms with Gasteiger partial charge in [0, 0.05) is 0 Å². The molecule has 2 aliphatic rings. The Balaban J connectivity index is 1.85. The molecule has 0 saturated heterocycles. The van der Waals surface area contributed by atoms with Crippen molar-refractivity contribution in [2.24, 2.45) is 0 Å². The van der Waals surface area contributed by atoms with Crippen molar-refractivity contribution in [3.8, 4) is 5.75 Å². The molecular formula is C15H18O3. The summed E-state index contributed by atoms with van der Waals surface area (Å²) in [7, 11) is 0. The lowest BCUT2D eigenvalue weighted by Crippen LogP contribution is -2.41. The number of carboxylic acid groups (broad SMARTS) is 1. The van der Waals surface area contributed by atoms with E-state index in [0.29, 0.717) is 12.8 Å². The van der Waals surface area contributed by atoms with Crippen LogP contribution in [-0.2, 0) is 17.6 Å². The van der Waals surface area contributed by atoms with E-state index in [-0.39, 0.29) is 0 Å². The molecule has 1 saturated carbocycles. The first-order chi connectivity index (χ1) is 8.70. The van der Waals surface area contributed by atoms with Crippen molar-refractivity contribution in [1.82, 2.24) is 0 Å². The Kier molecular flexibility index (Phi) is 2.77. The van der Waals surface area contributed by atoms with Gasteiger partial charge in [-0.15, -0.1) is 0 Å². The van der Waals surface area contributed by atoms with Crippen molar-refractivity contribution < 1.29 is 14.6 Å². The number of hydrogen-bond acceptors (Lipinski definition) is 2. The highest BCUT2D eigenvalue weighted by atomic mass is 16.5. The van der Waals surface area contributed by atoms with Gasteiger partial charge in [0.05, 0.1) is 0 Å². The van der Waals surface area contributed by atoms with E-state index in [1.165, 1.54) is 17.5 Å². The van der Waals surface area contributed by atoms with Crippen LogP contribution in [0, 0.1) is 0 Å². The number of carbonyl (C=O) groups is 1. The van der Waals surface area contributed by atoms with E-state index in [9.17, 15) is 9.90 Å². The number of carboxylic acids is 1. The Morgan fingerprint density at radius 2 is 1.83 bits per heavy atom. The molecule has 0 aliphatic heterocycles. The van der Waals surface area contributed by atoms with Gasteiger partial charge in [-0.3, -0.25) is 0 Å². The normalized spacial score (nSPS) is 20.7. The second-order valence-electron chi connectivity index (χ2n) is 5.39. The third-order valence-electron chi connectivity index (χ3n) is 4.18. The summed E-state index contributed by atoms with van der Waals surface area (Å²) in [4.78, 5) is 11.4. The maximum atomic E-state index is 11.4. The van der Waals surface area contributed by atoms with E-state index >= 15 is 0 Å². The average molecular weight is 246 g/mol. The standard InChI is InChI=1S/C15H18O3/c16-14(17)15(8-1-2-9-15)18-13-7-6-11-4-3-5-12(11)10-13/h6-7,10H,1-5,8-9H2,(H,16,17). The molecule has 18 heavy (non-hydrogen) atoms. The first-order valence-electron chi connectivity index (χ1n) is 6.74. The zero-order valence-corrected chi connectivity index (χ0v) is 10.4. The summed E-state index contributed by atoms with van der Waals surface area (Å²) in [6.45, 7) is 0. The van der Waals surface area contributed by atoms with Crippen LogP contribution in [0.25, 0.3) is 0 Å². The van der Waals surface area contributed by atoms with E-state index in [4.69, 9.17) is 4.74 Å². The molecule has 1 aromatic carbocycles. The molecule has 0 amide bonds. The topological polar surface area (TPSA) is 46.5 Å². The van der Waals surface area contributed by atoms with E-state index in [2.05, 4.69) is 6.07 Å². The second-order valence-corrected chi connectivity index (χ2v) is 5.39. The average Bonchev–Trinajstić information content (AvgIpc) is 2.97. The van der Waals surface area contributed by atoms with E-state index in [1.54, 1.807) is 0 Å². The second kappa shape index (κ2) is 4.30. The number of aryl methyl sites for hydroxylation is 2. The number of aliphatic carboxylic acids is 1. The minimum atomic E-state index is -0.979. The van der Waals surface area contributed by atoms with Crippen molar-refractivity contribution in [3.05, 3.63) is 29.3 Å². The lowest BCUT2D eigenvalue weighted by molar-refractivity contribution is -0.154. The predicted molar refractivity (Wildman–Crippen MR) is 67.9 cm³/mol. The first kappa shape index (κ1) is 11.6. The van der Waals surface area contributed by atoms with Crippen LogP contribution in [0.5, 0.6) is 5.75 Å². The lowest BCUT2D eigenvalue weighted by atomic mass is 10.0. The highest BCUT2D eigenvalue weighted by Crippen LogP contribution is 2.36. The molecule has 1 aromatic rings. The first-order valence-corrected chi connectivity index (χ1v) is 6.74. The van der Waals surface area contributed by atoms with Crippen LogP contribution in [0.3, 0.4) is 0 Å². The maximum Gasteiger partial charge on any atom is 0.348 e. The molecule has 96 valence electrons. The molecule has 3 heteroatoms. The van der Waals surface area contributed by atoms with Gasteiger partial charge in [0.25, 0.3) is 0 Å². The Hall–Kier alpha value is -1.51. The fourth-order valence-electron chi connectivity index (χ4n) is 3.14. The third-order valence-corrected chi connectivity index (χ3v) is 4.18. The predicted octanol–water partition coefficient (Wildman–Crippen LogP) is 2.95. The molecule has 0 spiro atoms. The van der Waals surface area contributed by atoms with Gasteiger partial charge in [0.15, 0.2) is 0 Å². The smallest absolute Gasteiger partial charge is 0.348 e. The Morgan fingerprint density at radius 3 is 2.56 bits per heavy atom. The Labute approximate surface area is 107 Å². The summed E-state index contributed by atoms with van der Waals surface area (Å²) in [5, 5.41) is 9.39. The van der Waals surface area contributed by atoms with Gasteiger partial charge < -0.3 is 9.84 Å². The SMILES string of the molecule is O=C(O)C1(Oc2ccc3c(c2)CCC3)CCCC1. The zero-order valence-electron chi connectivity index (χ0n) is 10.4. The molecule has 0 atom stereocenters. The third kappa shape index (κ3) is 1.88. The summed E-state index contributed by atoms with van der Waals surface area (Å²) < 4.78 is 5.85. The van der Waals surface area contributed by atoms with Crippen LogP contribution in [-0.4, -0.2) is 16.7 Å². The lowest BCUT2D eigenvalue weighted by Gasteiger charge is -2.25. The largest absolute Gasteiger partial charge is 0.478 e. The van der Waals surface area contributed by atoms with Crippen LogP contribution in [0.1, 0.15) is 43.2 Å². The fraction of sp³-hybridized carbons (Fsp3) is 0.533. The molecule has 2 aliphatic carbocycles. The van der Waals surface area contributed by atoms with Gasteiger partial charge in [-0.05, 0) is 68.2 Å². The molecule has 1 fully saturated rings. The molecule has 0 aromatic heterocycles. The number of fused-ring (bicyclic) bond motifs is 1. The Morgan fingerprint density at radius 1 is 1.11 bits per heavy atom. The molecule has 0 radical (unpaired) electrons. The van der Waals surface area contributed by atoms with Gasteiger partial charge in [0.2, 0.25) is 5.60 Å². The molecular weight excluding hydrogens is 228 g/mol. The van der Waals surface area contributed by atoms with Crippen LogP contribution >= 0.6 is 0 Å². The molecule has 3 rings (SSSR count). The van der Waals surface area contributed by atoms with Gasteiger partial charge >= 0.3 is 5.97 Å². The molecule has 1 N–H and O–H groups in total. The molecule has 3 nitrogen and oxygen atoms in total. The van der Waals surface area contributed by atoms with E-state index in [1.807, 2.05) is 12.1 Å². The summed E-state index contributed by atoms with van der Waals surface area (Å²) in [5.41, 5.74) is 1.73. The monoisotopic (exact) mass is 246 g/mol. The fourth-order valence-corrected chi connectivity index (χ4v) is 3.14. The molecule has 0 bridgehead atoms. The number of ether oxygens (including phenoxy) is 1. The van der Waals surface area contributed by atoms with Crippen molar-refractivity contribution in [2.45, 2.75) is 50.5 Å². The van der Waals surface area contributed by atoms with Crippen LogP contribution in [0.15, 0.2) is 18.2 Å². The van der Waals surface area contributed by atoms with Crippen molar-refractivity contribution in [3.63, 3.8) is 0 Å². The Bertz CT molecular complexity index is 473. The summed E-state index contributed by atoms with van der Waals surface area (Å²) >= 11 is 0. The van der Waals surface area contributed by atoms with Gasteiger partial charge in [0.1, 0.15) is 5.75 Å². The summed E-state index contributed by atoms with van der Waals surface area (Å²) in [5.74, 6) is -0.0968. The van der Waals surface area contributed by atoms with Crippen LogP contribution in [0.2, 0.25) is 0 Å². The number of benzene rings is 1. The zero-order chi connectivity index (χ0) is 12.6. The van der Waals surface area contributed by atoms with Crippen LogP contribution in [0.4, 0.5) is 0 Å². The van der Waals surface area contributed by atoms with Crippen molar-refractivity contribution in [1.29, 1.82) is 0 Å². The number of rotatable bonds is 3. The molecule has 0 unspecified atom stereocenters. The number of hydrogen-bond donors (Lipinski definition) is 1. The molecule has 0 heterocycles. The van der Waals surface area contributed by atoms with Crippen molar-refractivity contribution in [2.75, 3.05) is 0 Å². The highest BCUT2D eigenvalue weighted by molar-refractivity contribution is 5.78. The van der Waals surface area contributed by atoms with Gasteiger partial charge in [-0.1, -0.05) is 6.07 Å². The van der Waals surface area contributed by atoms with E-state index < -0.39 is 11.6 Å².